The van der Waals surface area contributed by atoms with E-state index in [4.69, 9.17) is 9.15 Å². The highest BCUT2D eigenvalue weighted by atomic mass is 127. The number of ether oxygens (including phenoxy) is 1. The van der Waals surface area contributed by atoms with E-state index in [9.17, 15) is 13.2 Å². The maximum atomic E-state index is 13.7. The molecule has 2 aromatic rings. The Hall–Kier alpha value is -1.95. The summed E-state index contributed by atoms with van der Waals surface area (Å²) in [7, 11) is 0. The normalized spacial score (nSPS) is 14.9. The molecule has 166 valence electrons. The van der Waals surface area contributed by atoms with Crippen LogP contribution >= 0.6 is 24.0 Å². The molecule has 30 heavy (non-hydrogen) atoms. The largest absolute Gasteiger partial charge is 0.467 e. The molecule has 0 aliphatic carbocycles. The molecule has 1 aliphatic rings. The summed E-state index contributed by atoms with van der Waals surface area (Å²) in [6, 6.07) is 8.01. The highest BCUT2D eigenvalue weighted by Gasteiger charge is 2.34. The zero-order chi connectivity index (χ0) is 20.7. The number of alkyl halides is 3. The molecule has 1 aromatic carbocycles. The molecule has 1 aliphatic heterocycles. The molecule has 2 heterocycles. The van der Waals surface area contributed by atoms with Crippen molar-refractivity contribution in [2.24, 2.45) is 4.99 Å². The third-order valence-corrected chi connectivity index (χ3v) is 4.54. The van der Waals surface area contributed by atoms with Gasteiger partial charge >= 0.3 is 6.18 Å². The van der Waals surface area contributed by atoms with Gasteiger partial charge in [0.2, 0.25) is 0 Å². The van der Waals surface area contributed by atoms with Crippen molar-refractivity contribution >= 4 is 35.6 Å². The minimum absolute atomic E-state index is 0. The number of rotatable bonds is 6. The molecule has 1 aromatic heterocycles. The fraction of sp³-hybridized carbons (Fsp3) is 0.450. The van der Waals surface area contributed by atoms with Crippen molar-refractivity contribution in [2.45, 2.75) is 26.2 Å². The predicted molar refractivity (Wildman–Crippen MR) is 120 cm³/mol. The van der Waals surface area contributed by atoms with E-state index in [2.05, 4.69) is 15.6 Å². The zero-order valence-electron chi connectivity index (χ0n) is 16.7. The van der Waals surface area contributed by atoms with Gasteiger partial charge in [0, 0.05) is 25.3 Å². The Balaban J connectivity index is 0.00000320. The van der Waals surface area contributed by atoms with Crippen LogP contribution in [0.5, 0.6) is 0 Å². The van der Waals surface area contributed by atoms with Crippen LogP contribution in [0.3, 0.4) is 0 Å². The van der Waals surface area contributed by atoms with E-state index in [0.717, 1.165) is 0 Å². The lowest BCUT2D eigenvalue weighted by Gasteiger charge is -2.29. The van der Waals surface area contributed by atoms with Crippen molar-refractivity contribution in [3.63, 3.8) is 0 Å². The molecule has 3 rings (SSSR count). The average Bonchev–Trinajstić information content (AvgIpc) is 3.23. The highest BCUT2D eigenvalue weighted by Crippen LogP contribution is 2.35. The molecule has 0 spiro atoms. The fourth-order valence-corrected chi connectivity index (χ4v) is 3.07. The van der Waals surface area contributed by atoms with Gasteiger partial charge in [-0.05, 0) is 36.8 Å². The molecular weight excluding hydrogens is 512 g/mol. The van der Waals surface area contributed by atoms with Crippen LogP contribution in [-0.2, 0) is 24.0 Å². The van der Waals surface area contributed by atoms with E-state index >= 15 is 0 Å². The molecular formula is C20H26F3IN4O2. The number of halogens is 4. The maximum absolute atomic E-state index is 13.7. The van der Waals surface area contributed by atoms with Gasteiger partial charge in [-0.1, -0.05) is 6.07 Å². The number of benzene rings is 1. The number of hydrogen-bond acceptors (Lipinski definition) is 4. The number of nitrogens with zero attached hydrogens (tertiary/aromatic N) is 2. The van der Waals surface area contributed by atoms with E-state index in [1.807, 2.05) is 17.9 Å². The maximum Gasteiger partial charge on any atom is 0.416 e. The summed E-state index contributed by atoms with van der Waals surface area (Å²) in [6.07, 6.45) is -2.89. The number of nitrogens with one attached hydrogen (secondary N) is 2. The quantitative estimate of drug-likeness (QED) is 0.331. The molecule has 0 saturated carbocycles. The van der Waals surface area contributed by atoms with Gasteiger partial charge in [-0.2, -0.15) is 13.2 Å². The second-order valence-electron chi connectivity index (χ2n) is 6.57. The Morgan fingerprint density at radius 2 is 1.93 bits per heavy atom. The molecule has 0 atom stereocenters. The van der Waals surface area contributed by atoms with E-state index < -0.39 is 11.7 Å². The van der Waals surface area contributed by atoms with E-state index in [0.29, 0.717) is 56.8 Å². The van der Waals surface area contributed by atoms with Crippen LogP contribution in [0.15, 0.2) is 46.0 Å². The van der Waals surface area contributed by atoms with Crippen molar-refractivity contribution in [3.8, 4) is 0 Å². The van der Waals surface area contributed by atoms with Crippen molar-refractivity contribution in [3.05, 3.63) is 53.5 Å². The molecule has 2 N–H and O–H groups in total. The Bertz CT molecular complexity index is 807. The lowest BCUT2D eigenvalue weighted by molar-refractivity contribution is -0.138. The molecule has 10 heteroatoms. The Labute approximate surface area is 190 Å². The third kappa shape index (κ3) is 6.79. The summed E-state index contributed by atoms with van der Waals surface area (Å²) < 4.78 is 51.5. The first-order valence-corrected chi connectivity index (χ1v) is 9.54. The van der Waals surface area contributed by atoms with Crippen LogP contribution < -0.4 is 15.5 Å². The van der Waals surface area contributed by atoms with Gasteiger partial charge in [0.15, 0.2) is 5.96 Å². The van der Waals surface area contributed by atoms with Gasteiger partial charge in [-0.15, -0.1) is 24.0 Å². The summed E-state index contributed by atoms with van der Waals surface area (Å²) in [5.74, 6) is 1.13. The Morgan fingerprint density at radius 1 is 1.17 bits per heavy atom. The van der Waals surface area contributed by atoms with Crippen molar-refractivity contribution in [1.29, 1.82) is 0 Å². The lowest BCUT2D eigenvalue weighted by Crippen LogP contribution is -2.37. The predicted octanol–water partition coefficient (Wildman–Crippen LogP) is 4.01. The third-order valence-electron chi connectivity index (χ3n) is 4.54. The van der Waals surface area contributed by atoms with Gasteiger partial charge in [0.1, 0.15) is 5.76 Å². The summed E-state index contributed by atoms with van der Waals surface area (Å²) in [5.41, 5.74) is 0.0213. The topological polar surface area (TPSA) is 62.0 Å². The summed E-state index contributed by atoms with van der Waals surface area (Å²) in [6.45, 7) is 4.97. The molecule has 0 bridgehead atoms. The summed E-state index contributed by atoms with van der Waals surface area (Å²) in [4.78, 5) is 6.22. The lowest BCUT2D eigenvalue weighted by atomic mass is 10.1. The van der Waals surface area contributed by atoms with Gasteiger partial charge in [-0.3, -0.25) is 0 Å². The van der Waals surface area contributed by atoms with Gasteiger partial charge < -0.3 is 24.7 Å². The van der Waals surface area contributed by atoms with Gasteiger partial charge in [0.05, 0.1) is 38.1 Å². The van der Waals surface area contributed by atoms with Gasteiger partial charge in [0.25, 0.3) is 0 Å². The van der Waals surface area contributed by atoms with Crippen LogP contribution in [0.4, 0.5) is 18.9 Å². The second-order valence-corrected chi connectivity index (χ2v) is 6.57. The van der Waals surface area contributed by atoms with Crippen molar-refractivity contribution in [2.75, 3.05) is 37.7 Å². The molecule has 0 amide bonds. The minimum atomic E-state index is -4.45. The highest BCUT2D eigenvalue weighted by molar-refractivity contribution is 14.0. The van der Waals surface area contributed by atoms with Crippen LogP contribution in [0.25, 0.3) is 0 Å². The molecule has 6 nitrogen and oxygen atoms in total. The number of aliphatic imine (C=N–C) groups is 1. The average molecular weight is 538 g/mol. The number of furan rings is 1. The molecule has 1 fully saturated rings. The monoisotopic (exact) mass is 538 g/mol. The number of morpholine rings is 1. The fourth-order valence-electron chi connectivity index (χ4n) is 3.07. The smallest absolute Gasteiger partial charge is 0.416 e. The molecule has 0 unspecified atom stereocenters. The number of hydrogen-bond donors (Lipinski definition) is 2. The zero-order valence-corrected chi connectivity index (χ0v) is 19.0. The van der Waals surface area contributed by atoms with Crippen LogP contribution in [0, 0.1) is 0 Å². The van der Waals surface area contributed by atoms with Crippen LogP contribution in [0.1, 0.15) is 23.8 Å². The number of anilines is 1. The first kappa shape index (κ1) is 24.3. The van der Waals surface area contributed by atoms with Crippen LogP contribution in [0.2, 0.25) is 0 Å². The molecule has 1 saturated heterocycles. The molecule has 0 radical (unpaired) electrons. The Kier molecular flexibility index (Phi) is 9.28. The Morgan fingerprint density at radius 3 is 2.57 bits per heavy atom. The summed E-state index contributed by atoms with van der Waals surface area (Å²) in [5, 5.41) is 6.09. The van der Waals surface area contributed by atoms with Crippen molar-refractivity contribution in [1.82, 2.24) is 10.6 Å². The van der Waals surface area contributed by atoms with Crippen molar-refractivity contribution < 1.29 is 22.3 Å². The minimum Gasteiger partial charge on any atom is -0.467 e. The van der Waals surface area contributed by atoms with Crippen LogP contribution in [-0.4, -0.2) is 38.8 Å². The SMILES string of the molecule is CCNC(=NCc1ccc(N2CCOCC2)cc1C(F)(F)F)NCc1ccco1.I. The first-order valence-electron chi connectivity index (χ1n) is 9.54. The van der Waals surface area contributed by atoms with Gasteiger partial charge in [-0.25, -0.2) is 4.99 Å². The van der Waals surface area contributed by atoms with E-state index in [-0.39, 0.29) is 36.1 Å². The van der Waals surface area contributed by atoms with E-state index in [1.54, 1.807) is 18.4 Å². The number of guanidine groups is 1. The second kappa shape index (κ2) is 11.4. The first-order chi connectivity index (χ1) is 14.0. The standard InChI is InChI=1S/C20H25F3N4O2.HI/c1-2-24-19(26-14-17-4-3-9-29-17)25-13-15-5-6-16(12-18(15)20(21,22)23)27-7-10-28-11-8-27;/h3-6,9,12H,2,7-8,10-11,13-14H2,1H3,(H2,24,25,26);1H. The van der Waals surface area contributed by atoms with E-state index in [1.165, 1.54) is 12.1 Å². The summed E-state index contributed by atoms with van der Waals surface area (Å²) >= 11 is 0.